The van der Waals surface area contributed by atoms with Crippen LogP contribution in [-0.2, 0) is 6.42 Å². The third-order valence-corrected chi connectivity index (χ3v) is 2.55. The van der Waals surface area contributed by atoms with Crippen molar-refractivity contribution in [2.45, 2.75) is 20.3 Å². The summed E-state index contributed by atoms with van der Waals surface area (Å²) in [6, 6.07) is 7.58. The number of nitrogens with one attached hydrogen (secondary N) is 1. The molecular weight excluding hydrogens is 202 g/mol. The van der Waals surface area contributed by atoms with E-state index in [1.54, 1.807) is 6.07 Å². The minimum absolute atomic E-state index is 0.136. The first kappa shape index (κ1) is 10.7. The molecule has 2 aromatic rings. The van der Waals surface area contributed by atoms with E-state index in [0.29, 0.717) is 5.92 Å². The number of hydrogen-bond acceptors (Lipinski definition) is 2. The Hall–Kier alpha value is -1.77. The first-order chi connectivity index (χ1) is 7.56. The third-order valence-electron chi connectivity index (χ3n) is 2.55. The lowest BCUT2D eigenvalue weighted by Crippen LogP contribution is -2.22. The van der Waals surface area contributed by atoms with E-state index in [0.717, 1.165) is 17.3 Å². The molecular formula is C13H14NO2-. The topological polar surface area (TPSA) is 55.9 Å². The monoisotopic (exact) mass is 216 g/mol. The average molecular weight is 216 g/mol. The SMILES string of the molecule is CC(C)Cc1ccc2cc(C(=O)[O-])[nH]c2c1. The number of H-pyrrole nitrogens is 1. The molecule has 84 valence electrons. The molecule has 3 nitrogen and oxygen atoms in total. The Labute approximate surface area is 94.1 Å². The van der Waals surface area contributed by atoms with Crippen LogP contribution in [0.15, 0.2) is 24.3 Å². The normalized spacial score (nSPS) is 11.2. The van der Waals surface area contributed by atoms with Gasteiger partial charge in [-0.05, 0) is 30.0 Å². The average Bonchev–Trinajstić information content (AvgIpc) is 2.59. The smallest absolute Gasteiger partial charge is 0.0878 e. The van der Waals surface area contributed by atoms with Gasteiger partial charge >= 0.3 is 0 Å². The number of carbonyl (C=O) groups is 1. The van der Waals surface area contributed by atoms with Crippen LogP contribution < -0.4 is 5.11 Å². The second-order valence-corrected chi connectivity index (χ2v) is 4.49. The van der Waals surface area contributed by atoms with Crippen LogP contribution in [0.4, 0.5) is 0 Å². The number of carboxylic acids is 1. The van der Waals surface area contributed by atoms with E-state index in [-0.39, 0.29) is 5.69 Å². The van der Waals surface area contributed by atoms with Crippen molar-refractivity contribution >= 4 is 16.9 Å². The van der Waals surface area contributed by atoms with Crippen molar-refractivity contribution in [2.75, 3.05) is 0 Å². The summed E-state index contributed by atoms with van der Waals surface area (Å²) >= 11 is 0. The van der Waals surface area contributed by atoms with Gasteiger partial charge in [-0.15, -0.1) is 0 Å². The number of aromatic amines is 1. The van der Waals surface area contributed by atoms with Crippen molar-refractivity contribution in [3.63, 3.8) is 0 Å². The van der Waals surface area contributed by atoms with Crippen molar-refractivity contribution in [1.29, 1.82) is 0 Å². The van der Waals surface area contributed by atoms with E-state index >= 15 is 0 Å². The third kappa shape index (κ3) is 2.08. The largest absolute Gasteiger partial charge is 0.543 e. The molecule has 1 N–H and O–H groups in total. The van der Waals surface area contributed by atoms with Crippen molar-refractivity contribution in [1.82, 2.24) is 4.98 Å². The molecule has 1 aromatic carbocycles. The summed E-state index contributed by atoms with van der Waals surface area (Å²) in [6.45, 7) is 4.32. The number of rotatable bonds is 3. The molecule has 1 aromatic heterocycles. The lowest BCUT2D eigenvalue weighted by atomic mass is 10.0. The summed E-state index contributed by atoms with van der Waals surface area (Å²) < 4.78 is 0. The minimum Gasteiger partial charge on any atom is -0.543 e. The number of carbonyl (C=O) groups excluding carboxylic acids is 1. The summed E-state index contributed by atoms with van der Waals surface area (Å²) in [5, 5.41) is 11.6. The molecule has 0 aliphatic carbocycles. The maximum Gasteiger partial charge on any atom is 0.0878 e. The van der Waals surface area contributed by atoms with Gasteiger partial charge in [-0.2, -0.15) is 0 Å². The van der Waals surface area contributed by atoms with E-state index in [1.165, 1.54) is 5.56 Å². The van der Waals surface area contributed by atoms with E-state index in [2.05, 4.69) is 18.8 Å². The van der Waals surface area contributed by atoms with Gasteiger partial charge in [0.25, 0.3) is 0 Å². The Bertz CT molecular complexity index is 526. The zero-order valence-electron chi connectivity index (χ0n) is 9.41. The molecule has 0 saturated carbocycles. The van der Waals surface area contributed by atoms with Crippen LogP contribution in [0, 0.1) is 5.92 Å². The summed E-state index contributed by atoms with van der Waals surface area (Å²) in [6.07, 6.45) is 0.996. The first-order valence-corrected chi connectivity index (χ1v) is 5.39. The quantitative estimate of drug-likeness (QED) is 0.849. The van der Waals surface area contributed by atoms with Crippen molar-refractivity contribution in [2.24, 2.45) is 5.92 Å². The molecule has 0 bridgehead atoms. The van der Waals surface area contributed by atoms with E-state index in [9.17, 15) is 9.90 Å². The molecule has 0 unspecified atom stereocenters. The van der Waals surface area contributed by atoms with Crippen molar-refractivity contribution in [3.05, 3.63) is 35.5 Å². The number of carboxylic acid groups (broad SMARTS) is 1. The maximum atomic E-state index is 10.7. The summed E-state index contributed by atoms with van der Waals surface area (Å²) in [4.78, 5) is 13.5. The standard InChI is InChI=1S/C13H15NO2/c1-8(2)5-9-3-4-10-7-12(13(15)16)14-11(10)6-9/h3-4,6-8,14H,5H2,1-2H3,(H,15,16)/p-1. The van der Waals surface area contributed by atoms with Gasteiger partial charge < -0.3 is 14.9 Å². The Morgan fingerprint density at radius 3 is 2.75 bits per heavy atom. The molecule has 1 heterocycles. The van der Waals surface area contributed by atoms with Crippen LogP contribution in [0.25, 0.3) is 10.9 Å². The van der Waals surface area contributed by atoms with Gasteiger partial charge in [-0.1, -0.05) is 26.0 Å². The van der Waals surface area contributed by atoms with Gasteiger partial charge in [-0.3, -0.25) is 0 Å². The molecule has 0 aliphatic heterocycles. The van der Waals surface area contributed by atoms with Crippen LogP contribution in [0.2, 0.25) is 0 Å². The molecule has 0 saturated heterocycles. The maximum absolute atomic E-state index is 10.7. The van der Waals surface area contributed by atoms with Gasteiger partial charge in [0.15, 0.2) is 0 Å². The number of fused-ring (bicyclic) bond motifs is 1. The Morgan fingerprint density at radius 1 is 1.38 bits per heavy atom. The Morgan fingerprint density at radius 2 is 2.12 bits per heavy atom. The fourth-order valence-electron chi connectivity index (χ4n) is 1.88. The summed E-state index contributed by atoms with van der Waals surface area (Å²) in [5.74, 6) is -0.574. The highest BCUT2D eigenvalue weighted by atomic mass is 16.4. The molecule has 0 fully saturated rings. The van der Waals surface area contributed by atoms with Gasteiger partial charge in [0.05, 0.1) is 11.7 Å². The van der Waals surface area contributed by atoms with Crippen LogP contribution in [0.1, 0.15) is 29.9 Å². The molecule has 0 spiro atoms. The van der Waals surface area contributed by atoms with Crippen LogP contribution in [-0.4, -0.2) is 11.0 Å². The molecule has 3 heteroatoms. The van der Waals surface area contributed by atoms with Crippen molar-refractivity contribution in [3.8, 4) is 0 Å². The molecule has 0 radical (unpaired) electrons. The number of hydrogen-bond donors (Lipinski definition) is 1. The summed E-state index contributed by atoms with van der Waals surface area (Å²) in [7, 11) is 0. The number of aromatic carboxylic acids is 1. The predicted octanol–water partition coefficient (Wildman–Crippen LogP) is 1.73. The second kappa shape index (κ2) is 4.00. The first-order valence-electron chi connectivity index (χ1n) is 5.39. The molecule has 0 aliphatic rings. The van der Waals surface area contributed by atoms with E-state index in [4.69, 9.17) is 0 Å². The van der Waals surface area contributed by atoms with Gasteiger partial charge in [-0.25, -0.2) is 0 Å². The highest BCUT2D eigenvalue weighted by Crippen LogP contribution is 2.18. The Balaban J connectivity index is 2.41. The highest BCUT2D eigenvalue weighted by Gasteiger charge is 2.03. The van der Waals surface area contributed by atoms with Gasteiger partial charge in [0.2, 0.25) is 0 Å². The van der Waals surface area contributed by atoms with Gasteiger partial charge in [0, 0.05) is 10.9 Å². The van der Waals surface area contributed by atoms with Crippen LogP contribution in [0.3, 0.4) is 0 Å². The fraction of sp³-hybridized carbons (Fsp3) is 0.308. The van der Waals surface area contributed by atoms with Crippen LogP contribution in [0.5, 0.6) is 0 Å². The number of benzene rings is 1. The zero-order chi connectivity index (χ0) is 11.7. The van der Waals surface area contributed by atoms with E-state index in [1.807, 2.05) is 18.2 Å². The molecule has 16 heavy (non-hydrogen) atoms. The lowest BCUT2D eigenvalue weighted by Gasteiger charge is -2.04. The lowest BCUT2D eigenvalue weighted by molar-refractivity contribution is -0.255. The van der Waals surface area contributed by atoms with E-state index < -0.39 is 5.97 Å². The highest BCUT2D eigenvalue weighted by molar-refractivity contribution is 5.92. The fourth-order valence-corrected chi connectivity index (χ4v) is 1.88. The van der Waals surface area contributed by atoms with Gasteiger partial charge in [0.1, 0.15) is 0 Å². The Kier molecular flexibility index (Phi) is 2.69. The minimum atomic E-state index is -1.17. The summed E-state index contributed by atoms with van der Waals surface area (Å²) in [5.41, 5.74) is 2.21. The van der Waals surface area contributed by atoms with Crippen LogP contribution >= 0.6 is 0 Å². The molecule has 0 amide bonds. The van der Waals surface area contributed by atoms with Crippen molar-refractivity contribution < 1.29 is 9.90 Å². The zero-order valence-corrected chi connectivity index (χ0v) is 9.41. The molecule has 0 atom stereocenters. The second-order valence-electron chi connectivity index (χ2n) is 4.49. The number of aromatic nitrogens is 1. The predicted molar refractivity (Wildman–Crippen MR) is 61.2 cm³/mol. The molecule has 2 rings (SSSR count).